The molecule has 0 amide bonds. The molecule has 0 saturated carbocycles. The zero-order valence-corrected chi connectivity index (χ0v) is 13.4. The van der Waals surface area contributed by atoms with Crippen molar-refractivity contribution in [3.63, 3.8) is 0 Å². The Morgan fingerprint density at radius 2 is 1.74 bits per heavy atom. The van der Waals surface area contributed by atoms with Gasteiger partial charge < -0.3 is 4.90 Å². The molecule has 19 heavy (non-hydrogen) atoms. The first-order chi connectivity index (χ1) is 9.11. The minimum atomic E-state index is 0.595. The predicted octanol–water partition coefficient (Wildman–Crippen LogP) is 5.29. The lowest BCUT2D eigenvalue weighted by Crippen LogP contribution is -2.34. The largest absolute Gasteiger partial charge is 0.371 e. The number of nitrogens with zero attached hydrogens (tertiary/aromatic N) is 1. The Labute approximate surface area is 120 Å². The topological polar surface area (TPSA) is 3.24 Å². The summed E-state index contributed by atoms with van der Waals surface area (Å²) in [7, 11) is 2.25. The molecule has 0 saturated heterocycles. The van der Waals surface area contributed by atoms with Gasteiger partial charge in [-0.05, 0) is 37.3 Å². The standard InChI is InChI=1S/C18H31N/c1-6-8-9-12-17-13-10-11-14-18(17)19(5)16(4)15(3)7-2/h10-11,13-16H,6-9,12H2,1-5H3. The van der Waals surface area contributed by atoms with Crippen LogP contribution in [0.4, 0.5) is 5.69 Å². The Balaban J connectivity index is 2.80. The molecule has 1 aromatic carbocycles. The average Bonchev–Trinajstić information content (AvgIpc) is 2.45. The van der Waals surface area contributed by atoms with E-state index in [9.17, 15) is 0 Å². The maximum Gasteiger partial charge on any atom is 0.0398 e. The van der Waals surface area contributed by atoms with Crippen molar-refractivity contribution in [3.8, 4) is 0 Å². The van der Waals surface area contributed by atoms with Gasteiger partial charge >= 0.3 is 0 Å². The summed E-state index contributed by atoms with van der Waals surface area (Å²) in [5.41, 5.74) is 2.93. The second-order valence-electron chi connectivity index (χ2n) is 5.82. The van der Waals surface area contributed by atoms with E-state index in [0.29, 0.717) is 6.04 Å². The average molecular weight is 261 g/mol. The van der Waals surface area contributed by atoms with Crippen LogP contribution in [-0.4, -0.2) is 13.1 Å². The number of anilines is 1. The fourth-order valence-electron chi connectivity index (χ4n) is 2.57. The predicted molar refractivity (Wildman–Crippen MR) is 87.0 cm³/mol. The second kappa shape index (κ2) is 8.24. The highest BCUT2D eigenvalue weighted by molar-refractivity contribution is 5.53. The molecule has 0 N–H and O–H groups in total. The van der Waals surface area contributed by atoms with Gasteiger partial charge in [-0.25, -0.2) is 0 Å². The Hall–Kier alpha value is -0.980. The summed E-state index contributed by atoms with van der Waals surface area (Å²) in [5.74, 6) is 0.730. The molecule has 0 fully saturated rings. The molecule has 2 unspecified atom stereocenters. The van der Waals surface area contributed by atoms with E-state index < -0.39 is 0 Å². The van der Waals surface area contributed by atoms with Crippen molar-refractivity contribution in [1.82, 2.24) is 0 Å². The first kappa shape index (κ1) is 16.1. The van der Waals surface area contributed by atoms with Gasteiger partial charge in [0.05, 0.1) is 0 Å². The van der Waals surface area contributed by atoms with Crippen molar-refractivity contribution in [3.05, 3.63) is 29.8 Å². The molecule has 1 heteroatoms. The molecule has 0 aliphatic carbocycles. The molecule has 0 spiro atoms. The minimum Gasteiger partial charge on any atom is -0.371 e. The zero-order chi connectivity index (χ0) is 14.3. The van der Waals surface area contributed by atoms with Crippen LogP contribution >= 0.6 is 0 Å². The van der Waals surface area contributed by atoms with E-state index in [0.717, 1.165) is 5.92 Å². The number of hydrogen-bond acceptors (Lipinski definition) is 1. The van der Waals surface area contributed by atoms with Crippen molar-refractivity contribution < 1.29 is 0 Å². The van der Waals surface area contributed by atoms with Crippen LogP contribution in [-0.2, 0) is 6.42 Å². The van der Waals surface area contributed by atoms with Crippen molar-refractivity contribution in [2.75, 3.05) is 11.9 Å². The van der Waals surface area contributed by atoms with Crippen molar-refractivity contribution in [2.45, 2.75) is 65.8 Å². The third kappa shape index (κ3) is 4.56. The molecule has 108 valence electrons. The molecule has 0 bridgehead atoms. The van der Waals surface area contributed by atoms with Crippen molar-refractivity contribution >= 4 is 5.69 Å². The third-order valence-corrected chi connectivity index (χ3v) is 4.50. The highest BCUT2D eigenvalue weighted by atomic mass is 15.1. The summed E-state index contributed by atoms with van der Waals surface area (Å²) in [6.45, 7) is 9.24. The fourth-order valence-corrected chi connectivity index (χ4v) is 2.57. The van der Waals surface area contributed by atoms with Gasteiger partial charge in [-0.2, -0.15) is 0 Å². The first-order valence-electron chi connectivity index (χ1n) is 7.92. The van der Waals surface area contributed by atoms with Crippen LogP contribution in [0, 0.1) is 5.92 Å². The molecule has 1 aromatic rings. The van der Waals surface area contributed by atoms with E-state index in [1.165, 1.54) is 43.4 Å². The van der Waals surface area contributed by atoms with Gasteiger partial charge in [-0.3, -0.25) is 0 Å². The molecule has 1 nitrogen and oxygen atoms in total. The van der Waals surface area contributed by atoms with E-state index in [4.69, 9.17) is 0 Å². The minimum absolute atomic E-state index is 0.595. The van der Waals surface area contributed by atoms with E-state index in [1.54, 1.807) is 0 Å². The van der Waals surface area contributed by atoms with Gasteiger partial charge in [0.2, 0.25) is 0 Å². The van der Waals surface area contributed by atoms with Crippen molar-refractivity contribution in [2.24, 2.45) is 5.92 Å². The molecule has 1 rings (SSSR count). The maximum atomic E-state index is 2.47. The molecular weight excluding hydrogens is 230 g/mol. The van der Waals surface area contributed by atoms with E-state index in [1.807, 2.05) is 0 Å². The van der Waals surface area contributed by atoms with Crippen molar-refractivity contribution in [1.29, 1.82) is 0 Å². The Morgan fingerprint density at radius 3 is 2.37 bits per heavy atom. The van der Waals surface area contributed by atoms with E-state index in [2.05, 4.69) is 63.9 Å². The Morgan fingerprint density at radius 1 is 1.05 bits per heavy atom. The normalized spacial score (nSPS) is 14.2. The smallest absolute Gasteiger partial charge is 0.0398 e. The molecule has 0 aliphatic rings. The van der Waals surface area contributed by atoms with Gasteiger partial charge in [0.25, 0.3) is 0 Å². The summed E-state index contributed by atoms with van der Waals surface area (Å²) in [6, 6.07) is 9.51. The third-order valence-electron chi connectivity index (χ3n) is 4.50. The molecule has 0 radical (unpaired) electrons. The summed E-state index contributed by atoms with van der Waals surface area (Å²) < 4.78 is 0. The molecule has 2 atom stereocenters. The van der Waals surface area contributed by atoms with Crippen LogP contribution in [0.25, 0.3) is 0 Å². The summed E-state index contributed by atoms with van der Waals surface area (Å²) in [5, 5.41) is 0. The number of para-hydroxylation sites is 1. The van der Waals surface area contributed by atoms with Gasteiger partial charge in [0, 0.05) is 18.8 Å². The van der Waals surface area contributed by atoms with Crippen LogP contribution in [0.15, 0.2) is 24.3 Å². The molecule has 0 aliphatic heterocycles. The van der Waals surface area contributed by atoms with Crippen LogP contribution in [0.1, 0.15) is 58.9 Å². The Kier molecular flexibility index (Phi) is 6.97. The quantitative estimate of drug-likeness (QED) is 0.575. The second-order valence-corrected chi connectivity index (χ2v) is 5.82. The van der Waals surface area contributed by atoms with Gasteiger partial charge in [-0.1, -0.05) is 58.2 Å². The van der Waals surface area contributed by atoms with E-state index >= 15 is 0 Å². The van der Waals surface area contributed by atoms with Gasteiger partial charge in [-0.15, -0.1) is 0 Å². The number of unbranched alkanes of at least 4 members (excludes halogenated alkanes) is 2. The van der Waals surface area contributed by atoms with Crippen LogP contribution in [0.2, 0.25) is 0 Å². The first-order valence-corrected chi connectivity index (χ1v) is 7.92. The van der Waals surface area contributed by atoms with E-state index in [-0.39, 0.29) is 0 Å². The number of aryl methyl sites for hydroxylation is 1. The van der Waals surface area contributed by atoms with Crippen LogP contribution in [0.3, 0.4) is 0 Å². The molecule has 0 aromatic heterocycles. The lowest BCUT2D eigenvalue weighted by Gasteiger charge is -2.33. The summed E-state index contributed by atoms with van der Waals surface area (Å²) >= 11 is 0. The van der Waals surface area contributed by atoms with Crippen LogP contribution < -0.4 is 4.90 Å². The summed E-state index contributed by atoms with van der Waals surface area (Å²) in [6.07, 6.45) is 6.38. The highest BCUT2D eigenvalue weighted by Gasteiger charge is 2.17. The zero-order valence-electron chi connectivity index (χ0n) is 13.4. The number of rotatable bonds is 8. The highest BCUT2D eigenvalue weighted by Crippen LogP contribution is 2.26. The number of benzene rings is 1. The molecular formula is C18H31N. The number of hydrogen-bond donors (Lipinski definition) is 0. The lowest BCUT2D eigenvalue weighted by atomic mass is 9.97. The Bertz CT molecular complexity index is 358. The van der Waals surface area contributed by atoms with Gasteiger partial charge in [0.1, 0.15) is 0 Å². The van der Waals surface area contributed by atoms with Gasteiger partial charge in [0.15, 0.2) is 0 Å². The lowest BCUT2D eigenvalue weighted by molar-refractivity contribution is 0.452. The maximum absolute atomic E-state index is 2.47. The fraction of sp³-hybridized carbons (Fsp3) is 0.667. The monoisotopic (exact) mass is 261 g/mol. The molecule has 0 heterocycles. The summed E-state index contributed by atoms with van der Waals surface area (Å²) in [4.78, 5) is 2.47. The SMILES string of the molecule is CCCCCc1ccccc1N(C)C(C)C(C)CC. The van der Waals surface area contributed by atoms with Crippen LogP contribution in [0.5, 0.6) is 0 Å².